The second-order valence-electron chi connectivity index (χ2n) is 3.18. The molecule has 80 valence electrons. The maximum absolute atomic E-state index is 10.8. The second kappa shape index (κ2) is 3.55. The summed E-state index contributed by atoms with van der Waals surface area (Å²) in [4.78, 5) is 21.4. The third kappa shape index (κ3) is 1.36. The minimum atomic E-state index is -1.28. The fourth-order valence-corrected chi connectivity index (χ4v) is 1.79. The van der Waals surface area contributed by atoms with Crippen molar-refractivity contribution in [1.82, 2.24) is 0 Å². The lowest BCUT2D eigenvalue weighted by Crippen LogP contribution is -2.62. The fraction of sp³-hybridized carbons (Fsp3) is 0.750. The summed E-state index contributed by atoms with van der Waals surface area (Å²) in [6.45, 7) is 0. The average Bonchev–Trinajstić information content (AvgIpc) is 2.03. The monoisotopic (exact) mass is 204 g/mol. The van der Waals surface area contributed by atoms with E-state index in [2.05, 4.69) is 0 Å². The molecule has 1 rings (SSSR count). The lowest BCUT2D eigenvalue weighted by atomic mass is 9.67. The van der Waals surface area contributed by atoms with Crippen LogP contribution in [0.4, 0.5) is 0 Å². The molecule has 1 saturated carbocycles. The molecule has 6 heteroatoms. The van der Waals surface area contributed by atoms with Crippen LogP contribution < -0.4 is 0 Å². The summed E-state index contributed by atoms with van der Waals surface area (Å²) in [6.07, 6.45) is 0.0618. The van der Waals surface area contributed by atoms with Crippen LogP contribution in [-0.2, 0) is 19.1 Å². The van der Waals surface area contributed by atoms with E-state index in [1.165, 1.54) is 14.2 Å². The first-order chi connectivity index (χ1) is 6.48. The molecule has 2 atom stereocenters. The summed E-state index contributed by atoms with van der Waals surface area (Å²) in [6, 6.07) is 0. The van der Waals surface area contributed by atoms with Crippen molar-refractivity contribution in [2.75, 3.05) is 14.2 Å². The molecule has 0 heterocycles. The van der Waals surface area contributed by atoms with Gasteiger partial charge in [-0.15, -0.1) is 0 Å². The summed E-state index contributed by atoms with van der Waals surface area (Å²) >= 11 is 0. The fourth-order valence-electron chi connectivity index (χ4n) is 1.79. The van der Waals surface area contributed by atoms with Crippen LogP contribution in [0.2, 0.25) is 0 Å². The van der Waals surface area contributed by atoms with E-state index in [1.54, 1.807) is 0 Å². The first kappa shape index (κ1) is 10.9. The van der Waals surface area contributed by atoms with Gasteiger partial charge in [-0.05, 0) is 0 Å². The first-order valence-electron chi connectivity index (χ1n) is 4.04. The van der Waals surface area contributed by atoms with Gasteiger partial charge in [-0.25, -0.2) is 0 Å². The molecule has 0 spiro atoms. The molecule has 1 unspecified atom stereocenters. The maximum atomic E-state index is 10.8. The standard InChI is InChI=1S/C8H12O6/c1-13-8(14-2)3-4(6(9)10)5(8)7(11)12/h4-5H,3H2,1-2H3,(H,9,10)(H,11,12)/t4-,5?/m0/s1. The second-order valence-corrected chi connectivity index (χ2v) is 3.18. The van der Waals surface area contributed by atoms with Crippen LogP contribution >= 0.6 is 0 Å². The molecule has 1 fully saturated rings. The van der Waals surface area contributed by atoms with Gasteiger partial charge >= 0.3 is 11.9 Å². The number of hydrogen-bond donors (Lipinski definition) is 2. The number of aliphatic carboxylic acids is 2. The van der Waals surface area contributed by atoms with Crippen LogP contribution in [0, 0.1) is 11.8 Å². The van der Waals surface area contributed by atoms with Crippen LogP contribution in [0.5, 0.6) is 0 Å². The Hall–Kier alpha value is -1.14. The topological polar surface area (TPSA) is 93.1 Å². The predicted octanol–water partition coefficient (Wildman–Crippen LogP) is -0.219. The molecule has 0 aliphatic heterocycles. The van der Waals surface area contributed by atoms with Crippen molar-refractivity contribution in [1.29, 1.82) is 0 Å². The lowest BCUT2D eigenvalue weighted by molar-refractivity contribution is -0.303. The van der Waals surface area contributed by atoms with Crippen molar-refractivity contribution < 1.29 is 29.3 Å². The summed E-state index contributed by atoms with van der Waals surface area (Å²) < 4.78 is 9.82. The third-order valence-electron chi connectivity index (χ3n) is 2.65. The summed E-state index contributed by atoms with van der Waals surface area (Å²) in [5.74, 6) is -5.72. The molecule has 0 bridgehead atoms. The molecule has 1 aliphatic rings. The lowest BCUT2D eigenvalue weighted by Gasteiger charge is -2.48. The minimum Gasteiger partial charge on any atom is -0.481 e. The number of methoxy groups -OCH3 is 2. The maximum Gasteiger partial charge on any atom is 0.312 e. The van der Waals surface area contributed by atoms with E-state index >= 15 is 0 Å². The minimum absolute atomic E-state index is 0.0618. The zero-order chi connectivity index (χ0) is 10.9. The van der Waals surface area contributed by atoms with Gasteiger partial charge in [0.2, 0.25) is 0 Å². The molecular formula is C8H12O6. The smallest absolute Gasteiger partial charge is 0.312 e. The number of hydrogen-bond acceptors (Lipinski definition) is 4. The Balaban J connectivity index is 2.86. The van der Waals surface area contributed by atoms with Gasteiger partial charge < -0.3 is 19.7 Å². The van der Waals surface area contributed by atoms with Gasteiger partial charge in [0.15, 0.2) is 5.79 Å². The normalized spacial score (nSPS) is 29.3. The summed E-state index contributed by atoms with van der Waals surface area (Å²) in [5.41, 5.74) is 0. The molecule has 0 aromatic rings. The summed E-state index contributed by atoms with van der Waals surface area (Å²) in [5, 5.41) is 17.5. The van der Waals surface area contributed by atoms with E-state index in [1.807, 2.05) is 0 Å². The van der Waals surface area contributed by atoms with Crippen molar-refractivity contribution in [2.45, 2.75) is 12.2 Å². The zero-order valence-corrected chi connectivity index (χ0v) is 7.89. The SMILES string of the molecule is COC1(OC)C[C@H](C(=O)O)C1C(=O)O. The Morgan fingerprint density at radius 3 is 2.00 bits per heavy atom. The van der Waals surface area contributed by atoms with Gasteiger partial charge in [-0.2, -0.15) is 0 Å². The van der Waals surface area contributed by atoms with E-state index in [4.69, 9.17) is 19.7 Å². The number of carboxylic acid groups (broad SMARTS) is 2. The Morgan fingerprint density at radius 1 is 1.21 bits per heavy atom. The molecule has 0 saturated heterocycles. The first-order valence-corrected chi connectivity index (χ1v) is 4.04. The molecule has 0 aromatic carbocycles. The van der Waals surface area contributed by atoms with Crippen LogP contribution in [0.15, 0.2) is 0 Å². The highest BCUT2D eigenvalue weighted by Gasteiger charge is 2.62. The van der Waals surface area contributed by atoms with Gasteiger partial charge in [0.05, 0.1) is 5.92 Å². The van der Waals surface area contributed by atoms with E-state index < -0.39 is 29.6 Å². The van der Waals surface area contributed by atoms with Crippen LogP contribution in [-0.4, -0.2) is 42.2 Å². The molecule has 0 aromatic heterocycles. The molecule has 0 radical (unpaired) electrons. The van der Waals surface area contributed by atoms with Gasteiger partial charge in [0.1, 0.15) is 5.92 Å². The van der Waals surface area contributed by atoms with E-state index in [-0.39, 0.29) is 6.42 Å². The highest BCUT2D eigenvalue weighted by atomic mass is 16.7. The van der Waals surface area contributed by atoms with Crippen molar-refractivity contribution in [3.8, 4) is 0 Å². The Labute approximate surface area is 80.4 Å². The van der Waals surface area contributed by atoms with Crippen molar-refractivity contribution in [3.05, 3.63) is 0 Å². The Kier molecular flexibility index (Phi) is 2.77. The van der Waals surface area contributed by atoms with Crippen molar-refractivity contribution in [2.24, 2.45) is 11.8 Å². The Morgan fingerprint density at radius 2 is 1.71 bits per heavy atom. The Bertz CT molecular complexity index is 257. The number of carboxylic acids is 2. The number of rotatable bonds is 4. The van der Waals surface area contributed by atoms with Gasteiger partial charge in [0, 0.05) is 20.6 Å². The quantitative estimate of drug-likeness (QED) is 0.615. The van der Waals surface area contributed by atoms with Crippen LogP contribution in [0.1, 0.15) is 6.42 Å². The summed E-state index contributed by atoms with van der Waals surface area (Å²) in [7, 11) is 2.61. The van der Waals surface area contributed by atoms with Crippen LogP contribution in [0.3, 0.4) is 0 Å². The average molecular weight is 204 g/mol. The van der Waals surface area contributed by atoms with Crippen molar-refractivity contribution in [3.63, 3.8) is 0 Å². The molecule has 14 heavy (non-hydrogen) atoms. The van der Waals surface area contributed by atoms with Gasteiger partial charge in [0.25, 0.3) is 0 Å². The molecule has 2 N–H and O–H groups in total. The molecule has 6 nitrogen and oxygen atoms in total. The van der Waals surface area contributed by atoms with Crippen LogP contribution in [0.25, 0.3) is 0 Å². The zero-order valence-electron chi connectivity index (χ0n) is 7.89. The molecule has 1 aliphatic carbocycles. The predicted molar refractivity (Wildman–Crippen MR) is 43.6 cm³/mol. The van der Waals surface area contributed by atoms with E-state index in [0.717, 1.165) is 0 Å². The molecular weight excluding hydrogens is 192 g/mol. The highest BCUT2D eigenvalue weighted by molar-refractivity contribution is 5.83. The third-order valence-corrected chi connectivity index (χ3v) is 2.65. The largest absolute Gasteiger partial charge is 0.481 e. The van der Waals surface area contributed by atoms with Crippen molar-refractivity contribution >= 4 is 11.9 Å². The highest BCUT2D eigenvalue weighted by Crippen LogP contribution is 2.47. The van der Waals surface area contributed by atoms with Gasteiger partial charge in [-0.3, -0.25) is 9.59 Å². The number of carbonyl (C=O) groups is 2. The number of ether oxygens (including phenoxy) is 2. The molecule has 0 amide bonds. The van der Waals surface area contributed by atoms with E-state index in [0.29, 0.717) is 0 Å². The van der Waals surface area contributed by atoms with E-state index in [9.17, 15) is 9.59 Å². The van der Waals surface area contributed by atoms with Gasteiger partial charge in [-0.1, -0.05) is 0 Å².